The lowest BCUT2D eigenvalue weighted by Gasteiger charge is -2.17. The predicted octanol–water partition coefficient (Wildman–Crippen LogP) is 0.743. The zero-order valence-electron chi connectivity index (χ0n) is 9.66. The Morgan fingerprint density at radius 3 is 2.94 bits per heavy atom. The van der Waals surface area contributed by atoms with Crippen LogP contribution in [0.2, 0.25) is 0 Å². The second-order valence-electron chi connectivity index (χ2n) is 4.51. The SMILES string of the molecule is CN(C)CC(N)c1ccc2c(c1)CC(=O)N2. The first-order chi connectivity index (χ1) is 7.56. The Balaban J connectivity index is 2.19. The number of fused-ring (bicyclic) bond motifs is 1. The normalized spacial score (nSPS) is 16.1. The third-order valence-corrected chi connectivity index (χ3v) is 2.74. The van der Waals surface area contributed by atoms with Crippen molar-refractivity contribution < 1.29 is 4.79 Å². The van der Waals surface area contributed by atoms with Gasteiger partial charge in [-0.2, -0.15) is 0 Å². The van der Waals surface area contributed by atoms with E-state index in [0.29, 0.717) is 6.42 Å². The largest absolute Gasteiger partial charge is 0.326 e. The van der Waals surface area contributed by atoms with Crippen molar-refractivity contribution in [1.82, 2.24) is 4.90 Å². The fraction of sp³-hybridized carbons (Fsp3) is 0.417. The lowest BCUT2D eigenvalue weighted by atomic mass is 10.0. The molecule has 1 aromatic carbocycles. The van der Waals surface area contributed by atoms with Crippen molar-refractivity contribution in [2.45, 2.75) is 12.5 Å². The van der Waals surface area contributed by atoms with Gasteiger partial charge in [0.15, 0.2) is 0 Å². The Kier molecular flexibility index (Phi) is 2.94. The minimum atomic E-state index is -0.00370. The summed E-state index contributed by atoms with van der Waals surface area (Å²) in [5, 5.41) is 2.81. The molecule has 0 saturated heterocycles. The predicted molar refractivity (Wildman–Crippen MR) is 64.3 cm³/mol. The van der Waals surface area contributed by atoms with E-state index in [1.165, 1.54) is 0 Å². The summed E-state index contributed by atoms with van der Waals surface area (Å²) < 4.78 is 0. The third-order valence-electron chi connectivity index (χ3n) is 2.74. The fourth-order valence-corrected chi connectivity index (χ4v) is 1.98. The molecule has 0 saturated carbocycles. The van der Waals surface area contributed by atoms with Crippen LogP contribution in [0.25, 0.3) is 0 Å². The molecule has 1 heterocycles. The van der Waals surface area contributed by atoms with E-state index < -0.39 is 0 Å². The van der Waals surface area contributed by atoms with Gasteiger partial charge in [-0.05, 0) is 31.3 Å². The summed E-state index contributed by atoms with van der Waals surface area (Å²) >= 11 is 0. The van der Waals surface area contributed by atoms with E-state index in [0.717, 1.165) is 23.4 Å². The molecule has 1 unspecified atom stereocenters. The van der Waals surface area contributed by atoms with E-state index in [2.05, 4.69) is 10.2 Å². The number of hydrogen-bond donors (Lipinski definition) is 2. The number of carbonyl (C=O) groups excluding carboxylic acids is 1. The Bertz CT molecular complexity index is 415. The van der Waals surface area contributed by atoms with E-state index in [1.54, 1.807) is 0 Å². The van der Waals surface area contributed by atoms with Crippen LogP contribution < -0.4 is 11.1 Å². The van der Waals surface area contributed by atoms with Crippen LogP contribution in [0, 0.1) is 0 Å². The number of rotatable bonds is 3. The molecule has 1 aliphatic heterocycles. The number of amides is 1. The molecular formula is C12H17N3O. The highest BCUT2D eigenvalue weighted by molar-refractivity contribution is 5.99. The summed E-state index contributed by atoms with van der Waals surface area (Å²) in [5.74, 6) is 0.0633. The number of nitrogens with two attached hydrogens (primary N) is 1. The molecule has 0 aliphatic carbocycles. The van der Waals surface area contributed by atoms with Crippen molar-refractivity contribution >= 4 is 11.6 Å². The Morgan fingerprint density at radius 2 is 2.25 bits per heavy atom. The Labute approximate surface area is 95.4 Å². The number of benzene rings is 1. The van der Waals surface area contributed by atoms with Gasteiger partial charge in [-0.15, -0.1) is 0 Å². The van der Waals surface area contributed by atoms with E-state index in [4.69, 9.17) is 5.73 Å². The van der Waals surface area contributed by atoms with E-state index >= 15 is 0 Å². The molecule has 0 spiro atoms. The zero-order chi connectivity index (χ0) is 11.7. The number of nitrogens with one attached hydrogen (secondary N) is 1. The van der Waals surface area contributed by atoms with Gasteiger partial charge >= 0.3 is 0 Å². The number of hydrogen-bond acceptors (Lipinski definition) is 3. The van der Waals surface area contributed by atoms with Gasteiger partial charge in [-0.1, -0.05) is 12.1 Å². The molecule has 1 aliphatic rings. The highest BCUT2D eigenvalue weighted by atomic mass is 16.1. The molecule has 3 N–H and O–H groups in total. The van der Waals surface area contributed by atoms with E-state index in [9.17, 15) is 4.79 Å². The molecule has 0 bridgehead atoms. The van der Waals surface area contributed by atoms with Gasteiger partial charge in [0.25, 0.3) is 0 Å². The molecule has 1 atom stereocenters. The summed E-state index contributed by atoms with van der Waals surface area (Å²) in [4.78, 5) is 13.3. The topological polar surface area (TPSA) is 58.4 Å². The standard InChI is InChI=1S/C12H17N3O/c1-15(2)7-10(13)8-3-4-11-9(5-8)6-12(16)14-11/h3-5,10H,6-7,13H2,1-2H3,(H,14,16). The maximum absolute atomic E-state index is 11.2. The first kappa shape index (κ1) is 11.1. The molecule has 1 aromatic rings. The van der Waals surface area contributed by atoms with E-state index in [-0.39, 0.29) is 11.9 Å². The lowest BCUT2D eigenvalue weighted by molar-refractivity contribution is -0.115. The monoisotopic (exact) mass is 219 g/mol. The molecule has 0 radical (unpaired) electrons. The molecule has 4 heteroatoms. The molecule has 16 heavy (non-hydrogen) atoms. The minimum Gasteiger partial charge on any atom is -0.326 e. The van der Waals surface area contributed by atoms with Gasteiger partial charge in [-0.25, -0.2) is 0 Å². The van der Waals surface area contributed by atoms with Crippen molar-refractivity contribution in [1.29, 1.82) is 0 Å². The lowest BCUT2D eigenvalue weighted by Crippen LogP contribution is -2.26. The molecule has 1 amide bonds. The summed E-state index contributed by atoms with van der Waals surface area (Å²) in [6, 6.07) is 5.95. The first-order valence-electron chi connectivity index (χ1n) is 5.39. The van der Waals surface area contributed by atoms with Crippen LogP contribution in [0.3, 0.4) is 0 Å². The van der Waals surface area contributed by atoms with Crippen LogP contribution in [0.1, 0.15) is 17.2 Å². The van der Waals surface area contributed by atoms with Crippen molar-refractivity contribution in [3.8, 4) is 0 Å². The average Bonchev–Trinajstić information content (AvgIpc) is 2.55. The van der Waals surface area contributed by atoms with Gasteiger partial charge in [0.2, 0.25) is 5.91 Å². The molecular weight excluding hydrogens is 202 g/mol. The smallest absolute Gasteiger partial charge is 0.228 e. The van der Waals surface area contributed by atoms with Crippen LogP contribution in [-0.4, -0.2) is 31.4 Å². The fourth-order valence-electron chi connectivity index (χ4n) is 1.98. The van der Waals surface area contributed by atoms with Crippen molar-refractivity contribution in [3.05, 3.63) is 29.3 Å². The van der Waals surface area contributed by atoms with Crippen molar-refractivity contribution in [3.63, 3.8) is 0 Å². The maximum atomic E-state index is 11.2. The first-order valence-corrected chi connectivity index (χ1v) is 5.39. The number of anilines is 1. The van der Waals surface area contributed by atoms with Crippen LogP contribution in [0.4, 0.5) is 5.69 Å². The highest BCUT2D eigenvalue weighted by Gasteiger charge is 2.18. The van der Waals surface area contributed by atoms with Crippen LogP contribution >= 0.6 is 0 Å². The van der Waals surface area contributed by atoms with Gasteiger partial charge in [-0.3, -0.25) is 4.79 Å². The molecule has 4 nitrogen and oxygen atoms in total. The molecule has 0 fully saturated rings. The second-order valence-corrected chi connectivity index (χ2v) is 4.51. The number of carbonyl (C=O) groups is 1. The van der Waals surface area contributed by atoms with E-state index in [1.807, 2.05) is 32.3 Å². The number of nitrogens with zero attached hydrogens (tertiary/aromatic N) is 1. The van der Waals surface area contributed by atoms with Crippen LogP contribution in [0.15, 0.2) is 18.2 Å². The maximum Gasteiger partial charge on any atom is 0.228 e. The van der Waals surface area contributed by atoms with Gasteiger partial charge in [0.1, 0.15) is 0 Å². The number of likely N-dealkylation sites (N-methyl/N-ethyl adjacent to an activating group) is 1. The van der Waals surface area contributed by atoms with Crippen molar-refractivity contribution in [2.24, 2.45) is 5.73 Å². The Hall–Kier alpha value is -1.39. The van der Waals surface area contributed by atoms with Crippen molar-refractivity contribution in [2.75, 3.05) is 26.0 Å². The summed E-state index contributed by atoms with van der Waals surface area (Å²) in [5.41, 5.74) is 9.14. The molecule has 2 rings (SSSR count). The summed E-state index contributed by atoms with van der Waals surface area (Å²) in [6.45, 7) is 0.806. The quantitative estimate of drug-likeness (QED) is 0.788. The molecule has 86 valence electrons. The van der Waals surface area contributed by atoms with Crippen LogP contribution in [-0.2, 0) is 11.2 Å². The average molecular weight is 219 g/mol. The second kappa shape index (κ2) is 4.23. The zero-order valence-corrected chi connectivity index (χ0v) is 9.66. The van der Waals surface area contributed by atoms with Gasteiger partial charge in [0.05, 0.1) is 6.42 Å². The highest BCUT2D eigenvalue weighted by Crippen LogP contribution is 2.25. The third kappa shape index (κ3) is 2.23. The minimum absolute atomic E-state index is 0.00370. The van der Waals surface area contributed by atoms with Gasteiger partial charge < -0.3 is 16.0 Å². The van der Waals surface area contributed by atoms with Gasteiger partial charge in [0, 0.05) is 18.3 Å². The summed E-state index contributed by atoms with van der Waals surface area (Å²) in [6.07, 6.45) is 0.470. The molecule has 0 aromatic heterocycles. The van der Waals surface area contributed by atoms with Crippen LogP contribution in [0.5, 0.6) is 0 Å². The Morgan fingerprint density at radius 1 is 1.50 bits per heavy atom. The summed E-state index contributed by atoms with van der Waals surface area (Å²) in [7, 11) is 4.00.